The number of anilines is 1. The second-order valence-electron chi connectivity index (χ2n) is 6.74. The standard InChI is InChI=1S/C21H15BrFNO3/c22-13-5-8-19-17(9-13)21(12-26-19)16-3-1-2-4-18(16)24(20(21)25)11-15-7-6-14(10-23)27-15/h1-9H,10-12H2. The van der Waals surface area contributed by atoms with Gasteiger partial charge in [0.15, 0.2) is 0 Å². The van der Waals surface area contributed by atoms with Gasteiger partial charge in [0, 0.05) is 15.7 Å². The van der Waals surface area contributed by atoms with Crippen LogP contribution in [0.1, 0.15) is 22.6 Å². The van der Waals surface area contributed by atoms with Crippen LogP contribution in [0.2, 0.25) is 0 Å². The lowest BCUT2D eigenvalue weighted by molar-refractivity contribution is -0.122. The minimum Gasteiger partial charge on any atom is -0.491 e. The molecule has 0 N–H and O–H groups in total. The number of ether oxygens (including phenoxy) is 1. The fourth-order valence-electron chi connectivity index (χ4n) is 4.04. The highest BCUT2D eigenvalue weighted by atomic mass is 79.9. The van der Waals surface area contributed by atoms with Gasteiger partial charge in [0.2, 0.25) is 5.91 Å². The molecular weight excluding hydrogens is 413 g/mol. The molecule has 0 saturated heterocycles. The van der Waals surface area contributed by atoms with Gasteiger partial charge < -0.3 is 14.1 Å². The molecule has 2 aliphatic rings. The Morgan fingerprint density at radius 2 is 1.89 bits per heavy atom. The van der Waals surface area contributed by atoms with Crippen molar-refractivity contribution in [3.05, 3.63) is 81.7 Å². The summed E-state index contributed by atoms with van der Waals surface area (Å²) < 4.78 is 25.1. The first-order valence-electron chi connectivity index (χ1n) is 8.61. The lowest BCUT2D eigenvalue weighted by Crippen LogP contribution is -2.42. The second kappa shape index (κ2) is 5.96. The topological polar surface area (TPSA) is 42.7 Å². The van der Waals surface area contributed by atoms with Crippen LogP contribution in [0.4, 0.5) is 10.1 Å². The van der Waals surface area contributed by atoms with Crippen molar-refractivity contribution < 1.29 is 18.3 Å². The van der Waals surface area contributed by atoms with Gasteiger partial charge in [-0.05, 0) is 42.0 Å². The van der Waals surface area contributed by atoms with Gasteiger partial charge in [-0.1, -0.05) is 34.1 Å². The molecule has 0 bridgehead atoms. The van der Waals surface area contributed by atoms with Crippen molar-refractivity contribution in [3.63, 3.8) is 0 Å². The Hall–Kier alpha value is -2.60. The predicted molar refractivity (Wildman–Crippen MR) is 102 cm³/mol. The molecular formula is C21H15BrFNO3. The number of carbonyl (C=O) groups is 1. The van der Waals surface area contributed by atoms with Crippen LogP contribution >= 0.6 is 15.9 Å². The molecule has 6 heteroatoms. The summed E-state index contributed by atoms with van der Waals surface area (Å²) in [5.74, 6) is 1.48. The molecule has 1 atom stereocenters. The molecule has 1 amide bonds. The third-order valence-corrected chi connectivity index (χ3v) is 5.77. The molecule has 2 aliphatic heterocycles. The molecule has 1 aromatic heterocycles. The highest BCUT2D eigenvalue weighted by Crippen LogP contribution is 2.53. The number of hydrogen-bond acceptors (Lipinski definition) is 3. The number of para-hydroxylation sites is 1. The van der Waals surface area contributed by atoms with Crippen molar-refractivity contribution in [2.75, 3.05) is 11.5 Å². The van der Waals surface area contributed by atoms with E-state index in [1.165, 1.54) is 0 Å². The van der Waals surface area contributed by atoms with E-state index in [4.69, 9.17) is 9.15 Å². The number of amides is 1. The second-order valence-corrected chi connectivity index (χ2v) is 7.66. The maximum Gasteiger partial charge on any atom is 0.246 e. The number of benzene rings is 2. The molecule has 0 saturated carbocycles. The molecule has 4 nitrogen and oxygen atoms in total. The Morgan fingerprint density at radius 1 is 1.07 bits per heavy atom. The number of carbonyl (C=O) groups excluding carboxylic acids is 1. The Balaban J connectivity index is 1.64. The van der Waals surface area contributed by atoms with E-state index in [9.17, 15) is 9.18 Å². The molecule has 5 rings (SSSR count). The molecule has 27 heavy (non-hydrogen) atoms. The predicted octanol–water partition coefficient (Wildman–Crippen LogP) is 4.74. The molecule has 0 aliphatic carbocycles. The zero-order chi connectivity index (χ0) is 18.6. The molecule has 0 fully saturated rings. The highest BCUT2D eigenvalue weighted by molar-refractivity contribution is 9.10. The smallest absolute Gasteiger partial charge is 0.246 e. The lowest BCUT2D eigenvalue weighted by atomic mass is 9.77. The van der Waals surface area contributed by atoms with Gasteiger partial charge in [0.05, 0.1) is 6.54 Å². The summed E-state index contributed by atoms with van der Waals surface area (Å²) in [6.07, 6.45) is 0. The maximum atomic E-state index is 13.7. The highest BCUT2D eigenvalue weighted by Gasteiger charge is 2.56. The van der Waals surface area contributed by atoms with Gasteiger partial charge >= 0.3 is 0 Å². The van der Waals surface area contributed by atoms with E-state index < -0.39 is 12.1 Å². The van der Waals surface area contributed by atoms with Gasteiger partial charge in [0.1, 0.15) is 36.0 Å². The Morgan fingerprint density at radius 3 is 2.70 bits per heavy atom. The Bertz CT molecular complexity index is 1060. The number of alkyl halides is 1. The van der Waals surface area contributed by atoms with Crippen molar-refractivity contribution in [1.82, 2.24) is 0 Å². The van der Waals surface area contributed by atoms with Gasteiger partial charge in [-0.2, -0.15) is 0 Å². The molecule has 3 heterocycles. The van der Waals surface area contributed by atoms with Crippen LogP contribution in [0.5, 0.6) is 5.75 Å². The van der Waals surface area contributed by atoms with Crippen molar-refractivity contribution in [1.29, 1.82) is 0 Å². The van der Waals surface area contributed by atoms with E-state index in [-0.39, 0.29) is 24.8 Å². The molecule has 1 spiro atoms. The monoisotopic (exact) mass is 427 g/mol. The van der Waals surface area contributed by atoms with Crippen LogP contribution in [-0.2, 0) is 23.4 Å². The minimum absolute atomic E-state index is 0.0567. The number of nitrogens with zero attached hydrogens (tertiary/aromatic N) is 1. The van der Waals surface area contributed by atoms with E-state index in [1.54, 1.807) is 17.0 Å². The average Bonchev–Trinajstić information content (AvgIpc) is 3.35. The van der Waals surface area contributed by atoms with Crippen molar-refractivity contribution >= 4 is 27.5 Å². The number of furan rings is 1. The largest absolute Gasteiger partial charge is 0.491 e. The van der Waals surface area contributed by atoms with E-state index in [0.29, 0.717) is 5.76 Å². The number of fused-ring (bicyclic) bond motifs is 4. The van der Waals surface area contributed by atoms with Crippen molar-refractivity contribution in [2.45, 2.75) is 18.6 Å². The third kappa shape index (κ3) is 2.29. The summed E-state index contributed by atoms with van der Waals surface area (Å²) >= 11 is 3.50. The third-order valence-electron chi connectivity index (χ3n) is 5.27. The zero-order valence-corrected chi connectivity index (χ0v) is 15.8. The Labute approximate surface area is 163 Å². The number of rotatable bonds is 3. The summed E-state index contributed by atoms with van der Waals surface area (Å²) in [6, 6.07) is 16.8. The van der Waals surface area contributed by atoms with Crippen LogP contribution in [0, 0.1) is 0 Å². The summed E-state index contributed by atoms with van der Waals surface area (Å²) in [4.78, 5) is 15.4. The van der Waals surface area contributed by atoms with Crippen LogP contribution in [0.25, 0.3) is 0 Å². The quantitative estimate of drug-likeness (QED) is 0.606. The maximum absolute atomic E-state index is 13.7. The normalized spacial score (nSPS) is 20.1. The summed E-state index contributed by atoms with van der Waals surface area (Å²) in [5.41, 5.74) is 1.74. The van der Waals surface area contributed by atoms with E-state index in [0.717, 1.165) is 27.0 Å². The lowest BCUT2D eigenvalue weighted by Gasteiger charge is -2.22. The first-order valence-corrected chi connectivity index (χ1v) is 9.40. The molecule has 0 radical (unpaired) electrons. The summed E-state index contributed by atoms with van der Waals surface area (Å²) in [5, 5.41) is 0. The van der Waals surface area contributed by atoms with E-state index >= 15 is 0 Å². The molecule has 2 aromatic carbocycles. The van der Waals surface area contributed by atoms with Crippen LogP contribution in [0.15, 0.2) is 63.5 Å². The average molecular weight is 428 g/mol. The van der Waals surface area contributed by atoms with Crippen LogP contribution in [-0.4, -0.2) is 12.5 Å². The summed E-state index contributed by atoms with van der Waals surface area (Å²) in [7, 11) is 0. The van der Waals surface area contributed by atoms with E-state index in [1.807, 2.05) is 42.5 Å². The Kier molecular flexibility index (Phi) is 3.65. The van der Waals surface area contributed by atoms with Crippen LogP contribution in [0.3, 0.4) is 0 Å². The number of hydrogen-bond donors (Lipinski definition) is 0. The number of halogens is 2. The van der Waals surface area contributed by atoms with Crippen LogP contribution < -0.4 is 9.64 Å². The van der Waals surface area contributed by atoms with Gasteiger partial charge in [0.25, 0.3) is 0 Å². The first kappa shape index (κ1) is 16.6. The minimum atomic E-state index is -0.870. The van der Waals surface area contributed by atoms with Crippen molar-refractivity contribution in [3.8, 4) is 5.75 Å². The summed E-state index contributed by atoms with van der Waals surface area (Å²) in [6.45, 7) is -0.149. The van der Waals surface area contributed by atoms with Gasteiger partial charge in [-0.15, -0.1) is 0 Å². The molecule has 3 aromatic rings. The molecule has 136 valence electrons. The van der Waals surface area contributed by atoms with Crippen molar-refractivity contribution in [2.24, 2.45) is 0 Å². The van der Waals surface area contributed by atoms with Gasteiger partial charge in [-0.3, -0.25) is 4.79 Å². The zero-order valence-electron chi connectivity index (χ0n) is 14.2. The molecule has 1 unspecified atom stereocenters. The SMILES string of the molecule is O=C1N(Cc2ccc(CF)o2)c2ccccc2C12COc1ccc(Br)cc12. The van der Waals surface area contributed by atoms with E-state index in [2.05, 4.69) is 15.9 Å². The fourth-order valence-corrected chi connectivity index (χ4v) is 4.40. The van der Waals surface area contributed by atoms with Gasteiger partial charge in [-0.25, -0.2) is 4.39 Å². The fraction of sp³-hybridized carbons (Fsp3) is 0.190. The first-order chi connectivity index (χ1) is 13.1.